The first-order valence-electron chi connectivity index (χ1n) is 12.8. The molecule has 0 aliphatic heterocycles. The Hall–Kier alpha value is -1.71. The van der Waals surface area contributed by atoms with Crippen LogP contribution in [0.4, 0.5) is 0 Å². The van der Waals surface area contributed by atoms with Crippen molar-refractivity contribution in [3.8, 4) is 22.3 Å². The zero-order valence-electron chi connectivity index (χ0n) is 21.4. The molecule has 0 N–H and O–H groups in total. The molecule has 2 aliphatic rings. The fourth-order valence-electron chi connectivity index (χ4n) is 6.55. The molecule has 5 aromatic rings. The number of hydrogen-bond acceptors (Lipinski definition) is 0. The number of hydrogen-bond donors (Lipinski definition) is 0. The third kappa shape index (κ3) is 3.49. The minimum Gasteiger partial charge on any atom is -0.0590 e. The number of alkyl halides is 2. The summed E-state index contributed by atoms with van der Waals surface area (Å²) in [5.41, 5.74) is 17.2. The normalized spacial score (nSPS) is 18.1. The first kappa shape index (κ1) is 25.3. The second-order valence-corrected chi connectivity index (χ2v) is 17.3. The molecule has 0 bridgehead atoms. The van der Waals surface area contributed by atoms with Crippen LogP contribution in [0.2, 0.25) is 0 Å². The summed E-state index contributed by atoms with van der Waals surface area (Å²) in [5.74, 6) is 0. The van der Waals surface area contributed by atoms with Crippen molar-refractivity contribution in [1.29, 1.82) is 0 Å². The summed E-state index contributed by atoms with van der Waals surface area (Å²) in [6.45, 7) is 6.59. The lowest BCUT2D eigenvalue weighted by Gasteiger charge is -2.34. The van der Waals surface area contributed by atoms with Gasteiger partial charge in [-0.3, -0.25) is 0 Å². The van der Waals surface area contributed by atoms with Crippen LogP contribution in [0, 0.1) is 24.3 Å². The maximum absolute atomic E-state index is 2.66. The summed E-state index contributed by atoms with van der Waals surface area (Å²) >= 11 is 7.74. The molecule has 186 valence electrons. The van der Waals surface area contributed by atoms with Gasteiger partial charge < -0.3 is 0 Å². The van der Waals surface area contributed by atoms with E-state index in [0.29, 0.717) is 0 Å². The van der Waals surface area contributed by atoms with E-state index in [2.05, 4.69) is 186 Å². The van der Waals surface area contributed by atoms with E-state index < -0.39 is 0 Å². The van der Waals surface area contributed by atoms with Gasteiger partial charge in [0.2, 0.25) is 0 Å². The van der Waals surface area contributed by atoms with Gasteiger partial charge >= 0.3 is 0 Å². The zero-order chi connectivity index (χ0) is 26.4. The van der Waals surface area contributed by atoms with E-state index in [-0.39, 0.29) is 6.84 Å². The molecule has 38 heavy (non-hydrogen) atoms. The fourth-order valence-corrected chi connectivity index (χ4v) is 8.70. The van der Waals surface area contributed by atoms with E-state index in [1.165, 1.54) is 75.9 Å². The number of benzene rings is 5. The Morgan fingerprint density at radius 2 is 0.868 bits per heavy atom. The van der Waals surface area contributed by atoms with Gasteiger partial charge in [-0.1, -0.05) is 135 Å². The first-order chi connectivity index (χ1) is 18.2. The van der Waals surface area contributed by atoms with Crippen LogP contribution >= 0.6 is 67.8 Å². The van der Waals surface area contributed by atoms with Gasteiger partial charge in [-0.2, -0.15) is 0 Å². The highest BCUT2D eigenvalue weighted by Crippen LogP contribution is 2.63. The Morgan fingerprint density at radius 1 is 0.447 bits per heavy atom. The molecule has 5 aromatic carbocycles. The van der Waals surface area contributed by atoms with Crippen LogP contribution < -0.4 is 0 Å². The molecule has 0 radical (unpaired) electrons. The van der Waals surface area contributed by atoms with Crippen molar-refractivity contribution in [2.75, 3.05) is 0 Å². The molecule has 0 aromatic heterocycles. The second-order valence-electron chi connectivity index (χ2n) is 10.7. The van der Waals surface area contributed by atoms with Crippen LogP contribution in [0.25, 0.3) is 22.3 Å². The number of fused-ring (bicyclic) bond motifs is 6. The van der Waals surface area contributed by atoms with Crippen LogP contribution in [0.15, 0.2) is 97.1 Å². The molecule has 0 amide bonds. The zero-order valence-corrected chi connectivity index (χ0v) is 27.8. The summed E-state index contributed by atoms with van der Waals surface area (Å²) in [4.78, 5) is 0. The quantitative estimate of drug-likeness (QED) is 0.121. The molecule has 7 rings (SSSR count). The van der Waals surface area contributed by atoms with Crippen molar-refractivity contribution >= 4 is 67.8 Å². The van der Waals surface area contributed by atoms with E-state index in [0.717, 1.165) is 0 Å². The minimum atomic E-state index is -0.379. The molecule has 0 spiro atoms. The monoisotopic (exact) mass is 826 g/mol. The Kier molecular flexibility index (Phi) is 5.92. The summed E-state index contributed by atoms with van der Waals surface area (Å²) in [5, 5.41) is 0. The lowest BCUT2D eigenvalue weighted by atomic mass is 9.67. The molecule has 0 heterocycles. The van der Waals surface area contributed by atoms with Crippen LogP contribution in [0.5, 0.6) is 0 Å². The molecule has 0 saturated heterocycles. The maximum atomic E-state index is 2.66. The van der Waals surface area contributed by atoms with Gasteiger partial charge in [-0.05, 0) is 123 Å². The lowest BCUT2D eigenvalue weighted by Crippen LogP contribution is -2.29. The molecule has 0 saturated carbocycles. The van der Waals surface area contributed by atoms with E-state index in [1.807, 2.05) is 0 Å². The largest absolute Gasteiger partial charge is 0.124 e. The molecule has 1 unspecified atom stereocenters. The smallest absolute Gasteiger partial charge is 0.0590 e. The first-order valence-corrected chi connectivity index (χ1v) is 16.1. The van der Waals surface area contributed by atoms with E-state index in [4.69, 9.17) is 0 Å². The van der Waals surface area contributed by atoms with Crippen molar-refractivity contribution in [3.05, 3.63) is 151 Å². The minimum absolute atomic E-state index is 0.0932. The standard InChI is InChI=1S/C35H25I3/c1-20-4-8-23(9-5-20)34(24-10-12-25(36)13-11-24)30-16-21(2)6-14-26(30)28-19-33-29(18-31(28)34)27-15-7-22(3)17-32(27)35(33,37)38/h4-19H,1-3H3. The lowest BCUT2D eigenvalue weighted by molar-refractivity contribution is 0.767. The van der Waals surface area contributed by atoms with Gasteiger partial charge in [0.15, 0.2) is 0 Å². The van der Waals surface area contributed by atoms with E-state index in [9.17, 15) is 0 Å². The maximum Gasteiger partial charge on any atom is 0.124 e. The Bertz CT molecular complexity index is 1710. The molecule has 3 heteroatoms. The number of halogens is 3. The van der Waals surface area contributed by atoms with Gasteiger partial charge in [0.25, 0.3) is 0 Å². The molecule has 2 aliphatic carbocycles. The highest BCUT2D eigenvalue weighted by molar-refractivity contribution is 14.2. The molecule has 0 nitrogen and oxygen atoms in total. The summed E-state index contributed by atoms with van der Waals surface area (Å²) in [7, 11) is 0. The second kappa shape index (κ2) is 8.90. The van der Waals surface area contributed by atoms with Gasteiger partial charge in [0, 0.05) is 3.57 Å². The number of aryl methyl sites for hydroxylation is 3. The van der Waals surface area contributed by atoms with Crippen LogP contribution in [-0.4, -0.2) is 0 Å². The van der Waals surface area contributed by atoms with Crippen LogP contribution in [0.1, 0.15) is 50.1 Å². The summed E-state index contributed by atoms with van der Waals surface area (Å²) in [6.07, 6.45) is 0. The Balaban J connectivity index is 1.64. The summed E-state index contributed by atoms with van der Waals surface area (Å²) in [6, 6.07) is 37.5. The average molecular weight is 826 g/mol. The van der Waals surface area contributed by atoms with Gasteiger partial charge in [-0.15, -0.1) is 0 Å². The van der Waals surface area contributed by atoms with Gasteiger partial charge in [0.05, 0.1) is 5.41 Å². The highest BCUT2D eigenvalue weighted by atomic mass is 127. The molecule has 0 fully saturated rings. The fraction of sp³-hybridized carbons (Fsp3) is 0.143. The highest BCUT2D eigenvalue weighted by Gasteiger charge is 2.49. The number of rotatable bonds is 2. The topological polar surface area (TPSA) is 0 Å². The average Bonchev–Trinajstić information content (AvgIpc) is 3.29. The molecule has 1 atom stereocenters. The Morgan fingerprint density at radius 3 is 1.50 bits per heavy atom. The third-order valence-electron chi connectivity index (χ3n) is 8.33. The van der Waals surface area contributed by atoms with Crippen molar-refractivity contribution < 1.29 is 0 Å². The van der Waals surface area contributed by atoms with E-state index in [1.54, 1.807) is 0 Å². The van der Waals surface area contributed by atoms with E-state index >= 15 is 0 Å². The van der Waals surface area contributed by atoms with Crippen molar-refractivity contribution in [2.45, 2.75) is 27.6 Å². The Labute approximate surface area is 265 Å². The molecular formula is C35H25I3. The van der Waals surface area contributed by atoms with Crippen molar-refractivity contribution in [2.24, 2.45) is 0 Å². The van der Waals surface area contributed by atoms with Crippen LogP contribution in [0.3, 0.4) is 0 Å². The predicted molar refractivity (Wildman–Crippen MR) is 185 cm³/mol. The molecular weight excluding hydrogens is 801 g/mol. The third-order valence-corrected chi connectivity index (χ3v) is 11.4. The van der Waals surface area contributed by atoms with Crippen molar-refractivity contribution in [3.63, 3.8) is 0 Å². The SMILES string of the molecule is Cc1ccc(C2(c3ccc(I)cc3)c3cc(C)ccc3-c3cc4c(cc32)-c2ccc(C)cc2C4(I)I)cc1. The van der Waals surface area contributed by atoms with Gasteiger partial charge in [-0.25, -0.2) is 0 Å². The predicted octanol–water partition coefficient (Wildman–Crippen LogP) is 10.6. The summed E-state index contributed by atoms with van der Waals surface area (Å²) < 4.78 is 1.16. The van der Waals surface area contributed by atoms with Crippen LogP contribution in [-0.2, 0) is 6.84 Å². The van der Waals surface area contributed by atoms with Crippen molar-refractivity contribution in [1.82, 2.24) is 0 Å². The van der Waals surface area contributed by atoms with Gasteiger partial charge in [0.1, 0.15) is 1.43 Å².